The lowest BCUT2D eigenvalue weighted by molar-refractivity contribution is -0.385. The molecule has 0 aliphatic heterocycles. The highest BCUT2D eigenvalue weighted by atomic mass is 16.6. The molecular weight excluding hydrogens is 334 g/mol. The van der Waals surface area contributed by atoms with E-state index in [1.807, 2.05) is 26.0 Å². The second kappa shape index (κ2) is 7.30. The summed E-state index contributed by atoms with van der Waals surface area (Å²) in [5, 5.41) is 18.3. The number of hydrogen-bond acceptors (Lipinski definition) is 7. The van der Waals surface area contributed by atoms with E-state index < -0.39 is 4.92 Å². The first-order valence-corrected chi connectivity index (χ1v) is 8.21. The molecule has 8 heteroatoms. The Bertz CT molecular complexity index is 908. The minimum Gasteiger partial charge on any atom is -0.373 e. The number of aryl methyl sites for hydroxylation is 1. The van der Waals surface area contributed by atoms with E-state index in [1.54, 1.807) is 31.5 Å². The Morgan fingerprint density at radius 1 is 1.19 bits per heavy atom. The van der Waals surface area contributed by atoms with Gasteiger partial charge < -0.3 is 9.84 Å². The van der Waals surface area contributed by atoms with Gasteiger partial charge in [-0.25, -0.2) is 0 Å². The molecule has 0 radical (unpaired) electrons. The van der Waals surface area contributed by atoms with E-state index in [0.717, 1.165) is 11.3 Å². The number of nitro groups is 1. The van der Waals surface area contributed by atoms with Gasteiger partial charge in [0.2, 0.25) is 11.7 Å². The summed E-state index contributed by atoms with van der Waals surface area (Å²) in [5.74, 6) is 1.12. The van der Waals surface area contributed by atoms with E-state index in [4.69, 9.17) is 4.52 Å². The molecule has 0 aliphatic carbocycles. The topological polar surface area (TPSA) is 107 Å². The van der Waals surface area contributed by atoms with E-state index >= 15 is 0 Å². The first-order valence-electron chi connectivity index (χ1n) is 8.21. The number of rotatable bonds is 6. The van der Waals surface area contributed by atoms with E-state index in [1.165, 1.54) is 6.07 Å². The van der Waals surface area contributed by atoms with E-state index in [2.05, 4.69) is 20.4 Å². The molecule has 2 heterocycles. The summed E-state index contributed by atoms with van der Waals surface area (Å²) in [4.78, 5) is 19.0. The average Bonchev–Trinajstić information content (AvgIpc) is 3.09. The van der Waals surface area contributed by atoms with Crippen molar-refractivity contribution in [1.82, 2.24) is 15.1 Å². The molecule has 0 amide bonds. The Morgan fingerprint density at radius 3 is 2.54 bits per heavy atom. The third-order valence-corrected chi connectivity index (χ3v) is 4.03. The minimum absolute atomic E-state index is 0.0920. The van der Waals surface area contributed by atoms with E-state index in [9.17, 15) is 10.1 Å². The van der Waals surface area contributed by atoms with Crippen LogP contribution in [0.1, 0.15) is 31.3 Å². The maximum atomic E-state index is 11.0. The predicted molar refractivity (Wildman–Crippen MR) is 96.6 cm³/mol. The SMILES string of the molecule is Cc1cc(NC(c2nc(-c3ccncc3)no2)C(C)C)ccc1[N+](=O)[O-]. The summed E-state index contributed by atoms with van der Waals surface area (Å²) < 4.78 is 5.45. The predicted octanol–water partition coefficient (Wildman–Crippen LogP) is 4.16. The minimum atomic E-state index is -0.391. The highest BCUT2D eigenvalue weighted by Gasteiger charge is 2.23. The van der Waals surface area contributed by atoms with Crippen molar-refractivity contribution in [2.24, 2.45) is 5.92 Å². The van der Waals surface area contributed by atoms with Gasteiger partial charge in [-0.15, -0.1) is 0 Å². The van der Waals surface area contributed by atoms with Crippen LogP contribution in [0.3, 0.4) is 0 Å². The van der Waals surface area contributed by atoms with Crippen LogP contribution >= 0.6 is 0 Å². The molecule has 0 spiro atoms. The second-order valence-electron chi connectivity index (χ2n) is 6.32. The molecule has 134 valence electrons. The van der Waals surface area contributed by atoms with Crippen LogP contribution in [0.2, 0.25) is 0 Å². The Kier molecular flexibility index (Phi) is 4.92. The van der Waals surface area contributed by atoms with Crippen molar-refractivity contribution in [1.29, 1.82) is 0 Å². The zero-order valence-corrected chi connectivity index (χ0v) is 14.7. The summed E-state index contributed by atoms with van der Waals surface area (Å²) in [6.45, 7) is 5.78. The first-order chi connectivity index (χ1) is 12.5. The number of nitro benzene ring substituents is 1. The summed E-state index contributed by atoms with van der Waals surface area (Å²) in [7, 11) is 0. The van der Waals surface area contributed by atoms with Gasteiger partial charge >= 0.3 is 0 Å². The zero-order valence-electron chi connectivity index (χ0n) is 14.7. The van der Waals surface area contributed by atoms with Gasteiger partial charge in [-0.3, -0.25) is 15.1 Å². The highest BCUT2D eigenvalue weighted by Crippen LogP contribution is 2.29. The zero-order chi connectivity index (χ0) is 18.7. The van der Waals surface area contributed by atoms with Gasteiger partial charge in [0.15, 0.2) is 0 Å². The van der Waals surface area contributed by atoms with Crippen molar-refractivity contribution in [2.75, 3.05) is 5.32 Å². The molecule has 3 aromatic rings. The maximum absolute atomic E-state index is 11.0. The van der Waals surface area contributed by atoms with Crippen LogP contribution in [0.15, 0.2) is 47.2 Å². The van der Waals surface area contributed by atoms with Crippen molar-refractivity contribution in [3.8, 4) is 11.4 Å². The molecule has 0 saturated carbocycles. The van der Waals surface area contributed by atoms with Gasteiger partial charge in [0.05, 0.1) is 4.92 Å². The third-order valence-electron chi connectivity index (χ3n) is 4.03. The normalized spacial score (nSPS) is 12.2. The largest absolute Gasteiger partial charge is 0.373 e. The van der Waals surface area contributed by atoms with Gasteiger partial charge in [0, 0.05) is 35.3 Å². The van der Waals surface area contributed by atoms with Gasteiger partial charge in [0.1, 0.15) is 6.04 Å². The van der Waals surface area contributed by atoms with Crippen LogP contribution in [-0.4, -0.2) is 20.0 Å². The number of hydrogen-bond donors (Lipinski definition) is 1. The summed E-state index contributed by atoms with van der Waals surface area (Å²) in [5.41, 5.74) is 2.26. The molecule has 1 aromatic carbocycles. The van der Waals surface area contributed by atoms with E-state index in [0.29, 0.717) is 17.3 Å². The van der Waals surface area contributed by atoms with Crippen LogP contribution < -0.4 is 5.32 Å². The number of nitrogens with one attached hydrogen (secondary N) is 1. The fourth-order valence-electron chi connectivity index (χ4n) is 2.62. The second-order valence-corrected chi connectivity index (χ2v) is 6.32. The lowest BCUT2D eigenvalue weighted by Crippen LogP contribution is -2.17. The van der Waals surface area contributed by atoms with Crippen molar-refractivity contribution in [3.05, 3.63) is 64.3 Å². The lowest BCUT2D eigenvalue weighted by Gasteiger charge is -2.20. The first kappa shape index (κ1) is 17.5. The molecule has 1 unspecified atom stereocenters. The van der Waals surface area contributed by atoms with Gasteiger partial charge in [0.25, 0.3) is 5.69 Å². The highest BCUT2D eigenvalue weighted by molar-refractivity contribution is 5.55. The molecule has 3 rings (SSSR count). The fourth-order valence-corrected chi connectivity index (χ4v) is 2.62. The Hall–Kier alpha value is -3.29. The molecule has 0 fully saturated rings. The fraction of sp³-hybridized carbons (Fsp3) is 0.278. The number of pyridine rings is 1. The molecule has 0 aliphatic rings. The van der Waals surface area contributed by atoms with Crippen LogP contribution in [0.5, 0.6) is 0 Å². The Labute approximate surface area is 150 Å². The average molecular weight is 353 g/mol. The van der Waals surface area contributed by atoms with Crippen molar-refractivity contribution in [3.63, 3.8) is 0 Å². The number of nitrogens with zero attached hydrogens (tertiary/aromatic N) is 4. The molecule has 1 atom stereocenters. The van der Waals surface area contributed by atoms with Crippen molar-refractivity contribution >= 4 is 11.4 Å². The summed E-state index contributed by atoms with van der Waals surface area (Å²) >= 11 is 0. The Morgan fingerprint density at radius 2 is 1.92 bits per heavy atom. The summed E-state index contributed by atoms with van der Waals surface area (Å²) in [6, 6.07) is 8.32. The quantitative estimate of drug-likeness (QED) is 0.524. The number of anilines is 1. The van der Waals surface area contributed by atoms with Crippen molar-refractivity contribution < 1.29 is 9.45 Å². The monoisotopic (exact) mass is 353 g/mol. The number of aromatic nitrogens is 3. The molecule has 8 nitrogen and oxygen atoms in total. The van der Waals surface area contributed by atoms with Crippen LogP contribution in [0.25, 0.3) is 11.4 Å². The molecule has 0 saturated heterocycles. The summed E-state index contributed by atoms with van der Waals surface area (Å²) in [6.07, 6.45) is 3.34. The van der Waals surface area contributed by atoms with Gasteiger partial charge in [-0.1, -0.05) is 19.0 Å². The molecule has 2 aromatic heterocycles. The van der Waals surface area contributed by atoms with Crippen LogP contribution in [0.4, 0.5) is 11.4 Å². The molecule has 0 bridgehead atoms. The standard InChI is InChI=1S/C18H19N5O3/c1-11(2)16(20-14-4-5-15(23(24)25)12(3)10-14)18-21-17(22-26-18)13-6-8-19-9-7-13/h4-11,16,20H,1-3H3. The molecular formula is C18H19N5O3. The van der Waals surface area contributed by atoms with Crippen LogP contribution in [0, 0.1) is 23.0 Å². The van der Waals surface area contributed by atoms with Gasteiger partial charge in [-0.2, -0.15) is 4.98 Å². The third kappa shape index (κ3) is 3.69. The van der Waals surface area contributed by atoms with E-state index in [-0.39, 0.29) is 17.6 Å². The maximum Gasteiger partial charge on any atom is 0.272 e. The molecule has 1 N–H and O–H groups in total. The van der Waals surface area contributed by atoms with Crippen LogP contribution in [-0.2, 0) is 0 Å². The lowest BCUT2D eigenvalue weighted by atomic mass is 10.0. The Balaban J connectivity index is 1.85. The smallest absolute Gasteiger partial charge is 0.272 e. The van der Waals surface area contributed by atoms with Gasteiger partial charge in [-0.05, 0) is 37.1 Å². The molecule has 26 heavy (non-hydrogen) atoms. The van der Waals surface area contributed by atoms with Crippen molar-refractivity contribution in [2.45, 2.75) is 26.8 Å². The number of benzene rings is 1.